The molecule has 2 heterocycles. The molecule has 0 aromatic carbocycles. The van der Waals surface area contributed by atoms with Crippen LogP contribution in [0.3, 0.4) is 0 Å². The first-order valence-electron chi connectivity index (χ1n) is 8.06. The Bertz CT molecular complexity index is 687. The summed E-state index contributed by atoms with van der Waals surface area (Å²) in [7, 11) is 0. The zero-order valence-corrected chi connectivity index (χ0v) is 17.7. The van der Waals surface area contributed by atoms with E-state index in [0.717, 1.165) is 17.2 Å². The number of aryl methyl sites for hydroxylation is 3. The van der Waals surface area contributed by atoms with E-state index in [1.54, 1.807) is 13.0 Å². The Hall–Kier alpha value is -1.55. The van der Waals surface area contributed by atoms with Crippen LogP contribution in [0.4, 0.5) is 0 Å². The van der Waals surface area contributed by atoms with E-state index in [2.05, 4.69) is 20.6 Å². The van der Waals surface area contributed by atoms with E-state index in [-0.39, 0.29) is 30.5 Å². The number of furan rings is 1. The molecule has 0 aliphatic rings. The summed E-state index contributed by atoms with van der Waals surface area (Å²) in [5.74, 6) is 3.22. The van der Waals surface area contributed by atoms with Crippen molar-refractivity contribution in [3.05, 3.63) is 41.0 Å². The molecule has 0 saturated carbocycles. The third kappa shape index (κ3) is 6.03. The minimum absolute atomic E-state index is 0. The number of nitrogens with zero attached hydrogens (tertiary/aromatic N) is 2. The van der Waals surface area contributed by atoms with Gasteiger partial charge in [-0.25, -0.2) is 9.98 Å². The molecule has 0 saturated heterocycles. The van der Waals surface area contributed by atoms with Crippen LogP contribution in [-0.4, -0.2) is 29.1 Å². The lowest BCUT2D eigenvalue weighted by molar-refractivity contribution is 0.0378. The van der Waals surface area contributed by atoms with Gasteiger partial charge in [0.05, 0.1) is 12.2 Å². The maximum Gasteiger partial charge on any atom is 0.216 e. The van der Waals surface area contributed by atoms with Crippen LogP contribution < -0.4 is 10.6 Å². The highest BCUT2D eigenvalue weighted by Gasteiger charge is 2.27. The van der Waals surface area contributed by atoms with Crippen molar-refractivity contribution < 1.29 is 13.9 Å². The molecule has 0 amide bonds. The van der Waals surface area contributed by atoms with Gasteiger partial charge in [0.15, 0.2) is 5.96 Å². The fourth-order valence-electron chi connectivity index (χ4n) is 2.16. The van der Waals surface area contributed by atoms with Crippen LogP contribution in [0.15, 0.2) is 26.0 Å². The maximum absolute atomic E-state index is 10.6. The van der Waals surface area contributed by atoms with Gasteiger partial charge in [0, 0.05) is 6.54 Å². The molecule has 8 heteroatoms. The monoisotopic (exact) mass is 462 g/mol. The number of aliphatic hydroxyl groups is 1. The van der Waals surface area contributed by atoms with Gasteiger partial charge in [0.1, 0.15) is 29.4 Å². The highest BCUT2D eigenvalue weighted by atomic mass is 127. The molecule has 0 fully saturated rings. The highest BCUT2D eigenvalue weighted by molar-refractivity contribution is 14.0. The molecule has 0 aliphatic carbocycles. The molecule has 25 heavy (non-hydrogen) atoms. The number of rotatable bonds is 6. The Labute approximate surface area is 165 Å². The fourth-order valence-corrected chi connectivity index (χ4v) is 2.16. The van der Waals surface area contributed by atoms with Gasteiger partial charge in [-0.15, -0.1) is 24.0 Å². The van der Waals surface area contributed by atoms with Gasteiger partial charge in [-0.3, -0.25) is 0 Å². The average molecular weight is 462 g/mol. The lowest BCUT2D eigenvalue weighted by atomic mass is 10.0. The molecule has 0 aliphatic heterocycles. The standard InChI is InChI=1S/C17H26N4O3.HI/c1-6-18-16(19-9-15-21-12(3)13(4)24-15)20-10-17(5,22)14-8-7-11(2)23-14;/h7-8,22H,6,9-10H2,1-5H3,(H2,18,19,20);1H. The summed E-state index contributed by atoms with van der Waals surface area (Å²) < 4.78 is 11.0. The zero-order chi connectivity index (χ0) is 17.7. The van der Waals surface area contributed by atoms with Gasteiger partial charge >= 0.3 is 0 Å². The summed E-state index contributed by atoms with van der Waals surface area (Å²) >= 11 is 0. The lowest BCUT2D eigenvalue weighted by Gasteiger charge is -2.22. The summed E-state index contributed by atoms with van der Waals surface area (Å²) in [6.45, 7) is 10.6. The maximum atomic E-state index is 10.6. The number of aliphatic imine (C=N–C) groups is 1. The number of aromatic nitrogens is 1. The Morgan fingerprint density at radius 3 is 2.48 bits per heavy atom. The smallest absolute Gasteiger partial charge is 0.216 e. The highest BCUT2D eigenvalue weighted by Crippen LogP contribution is 2.21. The number of hydrogen-bond acceptors (Lipinski definition) is 5. The third-order valence-electron chi connectivity index (χ3n) is 3.66. The number of halogens is 1. The molecule has 140 valence electrons. The zero-order valence-electron chi connectivity index (χ0n) is 15.3. The second-order valence-corrected chi connectivity index (χ2v) is 5.98. The average Bonchev–Trinajstić information content (AvgIpc) is 3.09. The summed E-state index contributed by atoms with van der Waals surface area (Å²) in [4.78, 5) is 8.74. The molecular formula is C17H27IN4O3. The van der Waals surface area contributed by atoms with Crippen molar-refractivity contribution in [2.75, 3.05) is 13.1 Å². The van der Waals surface area contributed by atoms with Crippen molar-refractivity contribution in [2.45, 2.75) is 46.8 Å². The topological polar surface area (TPSA) is 95.8 Å². The fraction of sp³-hybridized carbons (Fsp3) is 0.529. The number of guanidine groups is 1. The largest absolute Gasteiger partial charge is 0.463 e. The predicted molar refractivity (Wildman–Crippen MR) is 107 cm³/mol. The van der Waals surface area contributed by atoms with E-state index < -0.39 is 5.60 Å². The quantitative estimate of drug-likeness (QED) is 0.347. The van der Waals surface area contributed by atoms with E-state index in [0.29, 0.717) is 30.7 Å². The summed E-state index contributed by atoms with van der Waals surface area (Å²) in [6.07, 6.45) is 0. The Balaban J connectivity index is 0.00000312. The van der Waals surface area contributed by atoms with Crippen LogP contribution in [0.2, 0.25) is 0 Å². The van der Waals surface area contributed by atoms with E-state index in [1.807, 2.05) is 33.8 Å². The number of nitrogens with one attached hydrogen (secondary N) is 2. The van der Waals surface area contributed by atoms with Gasteiger partial charge in [0.25, 0.3) is 0 Å². The number of oxazole rings is 1. The van der Waals surface area contributed by atoms with Gasteiger partial charge < -0.3 is 24.6 Å². The molecule has 2 rings (SSSR count). The minimum Gasteiger partial charge on any atom is -0.463 e. The van der Waals surface area contributed by atoms with Crippen molar-refractivity contribution in [1.29, 1.82) is 0 Å². The van der Waals surface area contributed by atoms with Gasteiger partial charge in [-0.1, -0.05) is 0 Å². The van der Waals surface area contributed by atoms with E-state index in [1.165, 1.54) is 0 Å². The molecule has 0 bridgehead atoms. The molecule has 1 atom stereocenters. The Kier molecular flexibility index (Phi) is 7.94. The molecule has 2 aromatic rings. The Morgan fingerprint density at radius 2 is 1.96 bits per heavy atom. The lowest BCUT2D eigenvalue weighted by Crippen LogP contribution is -2.44. The molecule has 3 N–H and O–H groups in total. The summed E-state index contributed by atoms with van der Waals surface area (Å²) in [5.41, 5.74) is -0.269. The van der Waals surface area contributed by atoms with E-state index in [9.17, 15) is 5.11 Å². The molecule has 0 radical (unpaired) electrons. The van der Waals surface area contributed by atoms with Crippen LogP contribution >= 0.6 is 24.0 Å². The van der Waals surface area contributed by atoms with Crippen LogP contribution in [0, 0.1) is 20.8 Å². The molecule has 7 nitrogen and oxygen atoms in total. The van der Waals surface area contributed by atoms with Crippen molar-refractivity contribution >= 4 is 29.9 Å². The molecule has 2 aromatic heterocycles. The van der Waals surface area contributed by atoms with Gasteiger partial charge in [0.2, 0.25) is 5.89 Å². The first kappa shape index (κ1) is 21.5. The Morgan fingerprint density at radius 1 is 1.24 bits per heavy atom. The SMILES string of the molecule is CCNC(=NCc1nc(C)c(C)o1)NCC(C)(O)c1ccc(C)o1.I. The van der Waals surface area contributed by atoms with Crippen LogP contribution in [0.1, 0.15) is 42.7 Å². The summed E-state index contributed by atoms with van der Waals surface area (Å²) in [5, 5.41) is 16.8. The minimum atomic E-state index is -1.14. The van der Waals surface area contributed by atoms with E-state index in [4.69, 9.17) is 8.83 Å². The van der Waals surface area contributed by atoms with Crippen LogP contribution in [-0.2, 0) is 12.1 Å². The second kappa shape index (κ2) is 9.23. The second-order valence-electron chi connectivity index (χ2n) is 5.98. The van der Waals surface area contributed by atoms with Gasteiger partial charge in [-0.2, -0.15) is 0 Å². The number of hydrogen-bond donors (Lipinski definition) is 3. The predicted octanol–water partition coefficient (Wildman–Crippen LogP) is 2.77. The van der Waals surface area contributed by atoms with Crippen molar-refractivity contribution in [3.63, 3.8) is 0 Å². The van der Waals surface area contributed by atoms with Crippen LogP contribution in [0.25, 0.3) is 0 Å². The van der Waals surface area contributed by atoms with E-state index >= 15 is 0 Å². The summed E-state index contributed by atoms with van der Waals surface area (Å²) in [6, 6.07) is 3.61. The molecule has 0 spiro atoms. The normalized spacial score (nSPS) is 13.9. The third-order valence-corrected chi connectivity index (χ3v) is 3.66. The molecular weight excluding hydrogens is 435 g/mol. The molecule has 1 unspecified atom stereocenters. The first-order valence-corrected chi connectivity index (χ1v) is 8.06. The van der Waals surface area contributed by atoms with Crippen molar-refractivity contribution in [3.8, 4) is 0 Å². The van der Waals surface area contributed by atoms with Crippen LogP contribution in [0.5, 0.6) is 0 Å². The van der Waals surface area contributed by atoms with Crippen molar-refractivity contribution in [2.24, 2.45) is 4.99 Å². The first-order chi connectivity index (χ1) is 11.3. The van der Waals surface area contributed by atoms with Gasteiger partial charge in [-0.05, 0) is 46.8 Å². The van der Waals surface area contributed by atoms with Crippen molar-refractivity contribution in [1.82, 2.24) is 15.6 Å².